The minimum Gasteiger partial charge on any atom is -0.496 e. The summed E-state index contributed by atoms with van der Waals surface area (Å²) in [7, 11) is 3.95. The third-order valence-electron chi connectivity index (χ3n) is 4.24. The molecule has 1 aliphatic heterocycles. The van der Waals surface area contributed by atoms with E-state index in [2.05, 4.69) is 29.4 Å². The SMILES string of the molecule is COc1ccccc1CN(C)CCCC1CCNCC1. The molecule has 0 radical (unpaired) electrons. The van der Waals surface area contributed by atoms with Gasteiger partial charge in [0.1, 0.15) is 5.75 Å². The molecule has 0 aliphatic carbocycles. The molecule has 1 fully saturated rings. The fourth-order valence-corrected chi connectivity index (χ4v) is 3.02. The Balaban J connectivity index is 1.70. The second-order valence-corrected chi connectivity index (χ2v) is 5.89. The number of hydrogen-bond acceptors (Lipinski definition) is 3. The molecule has 1 aromatic rings. The Labute approximate surface area is 123 Å². The van der Waals surface area contributed by atoms with E-state index < -0.39 is 0 Å². The summed E-state index contributed by atoms with van der Waals surface area (Å²) in [6, 6.07) is 8.31. The van der Waals surface area contributed by atoms with Crippen LogP contribution < -0.4 is 10.1 Å². The number of nitrogens with one attached hydrogen (secondary N) is 1. The van der Waals surface area contributed by atoms with Crippen LogP contribution in [0.3, 0.4) is 0 Å². The van der Waals surface area contributed by atoms with Crippen LogP contribution >= 0.6 is 0 Å². The van der Waals surface area contributed by atoms with Crippen molar-refractivity contribution < 1.29 is 4.74 Å². The van der Waals surface area contributed by atoms with Gasteiger partial charge in [-0.15, -0.1) is 0 Å². The first-order chi connectivity index (χ1) is 9.79. The van der Waals surface area contributed by atoms with Gasteiger partial charge in [-0.05, 0) is 64.3 Å². The molecule has 0 spiro atoms. The molecule has 3 nitrogen and oxygen atoms in total. The molecule has 2 rings (SSSR count). The van der Waals surface area contributed by atoms with Crippen LogP contribution in [-0.2, 0) is 6.54 Å². The van der Waals surface area contributed by atoms with Gasteiger partial charge in [0, 0.05) is 12.1 Å². The molecule has 20 heavy (non-hydrogen) atoms. The molecular weight excluding hydrogens is 248 g/mol. The van der Waals surface area contributed by atoms with Gasteiger partial charge in [-0.1, -0.05) is 18.2 Å². The smallest absolute Gasteiger partial charge is 0.123 e. The summed E-state index contributed by atoms with van der Waals surface area (Å²) in [6.45, 7) is 4.56. The van der Waals surface area contributed by atoms with Crippen molar-refractivity contribution in [2.45, 2.75) is 32.2 Å². The van der Waals surface area contributed by atoms with E-state index in [-0.39, 0.29) is 0 Å². The normalized spacial score (nSPS) is 16.6. The van der Waals surface area contributed by atoms with Gasteiger partial charge in [-0.25, -0.2) is 0 Å². The maximum Gasteiger partial charge on any atom is 0.123 e. The molecule has 1 N–H and O–H groups in total. The third-order valence-corrected chi connectivity index (χ3v) is 4.24. The quantitative estimate of drug-likeness (QED) is 0.829. The minimum atomic E-state index is 0.941. The zero-order valence-electron chi connectivity index (χ0n) is 12.9. The van der Waals surface area contributed by atoms with Gasteiger partial charge < -0.3 is 15.0 Å². The van der Waals surface area contributed by atoms with Gasteiger partial charge in [0.05, 0.1) is 7.11 Å². The number of rotatable bonds is 7. The molecule has 1 heterocycles. The first-order valence-electron chi connectivity index (χ1n) is 7.80. The van der Waals surface area contributed by atoms with Crippen molar-refractivity contribution in [3.05, 3.63) is 29.8 Å². The van der Waals surface area contributed by atoms with Crippen LogP contribution in [0.2, 0.25) is 0 Å². The van der Waals surface area contributed by atoms with E-state index >= 15 is 0 Å². The van der Waals surface area contributed by atoms with Crippen LogP contribution in [0.5, 0.6) is 5.75 Å². The molecule has 0 saturated carbocycles. The van der Waals surface area contributed by atoms with E-state index in [1.54, 1.807) is 7.11 Å². The van der Waals surface area contributed by atoms with Gasteiger partial charge in [0.2, 0.25) is 0 Å². The van der Waals surface area contributed by atoms with Crippen LogP contribution in [0.1, 0.15) is 31.2 Å². The van der Waals surface area contributed by atoms with E-state index in [9.17, 15) is 0 Å². The number of hydrogen-bond donors (Lipinski definition) is 1. The maximum atomic E-state index is 5.41. The fraction of sp³-hybridized carbons (Fsp3) is 0.647. The predicted octanol–water partition coefficient (Wildman–Crippen LogP) is 2.91. The van der Waals surface area contributed by atoms with Gasteiger partial charge in [0.15, 0.2) is 0 Å². The molecule has 1 saturated heterocycles. The predicted molar refractivity (Wildman–Crippen MR) is 84.2 cm³/mol. The van der Waals surface area contributed by atoms with Crippen LogP contribution in [0.4, 0.5) is 0 Å². The Hall–Kier alpha value is -1.06. The summed E-state index contributed by atoms with van der Waals surface area (Å²) in [5, 5.41) is 3.43. The molecule has 0 bridgehead atoms. The fourth-order valence-electron chi connectivity index (χ4n) is 3.02. The first kappa shape index (κ1) is 15.3. The number of methoxy groups -OCH3 is 1. The number of benzene rings is 1. The number of ether oxygens (including phenoxy) is 1. The van der Waals surface area contributed by atoms with Gasteiger partial charge in [0.25, 0.3) is 0 Å². The minimum absolute atomic E-state index is 0.941. The van der Waals surface area contributed by atoms with E-state index in [0.717, 1.165) is 18.2 Å². The van der Waals surface area contributed by atoms with Crippen molar-refractivity contribution in [1.82, 2.24) is 10.2 Å². The monoisotopic (exact) mass is 276 g/mol. The Morgan fingerprint density at radius 2 is 2.00 bits per heavy atom. The number of piperidine rings is 1. The standard InChI is InChI=1S/C17H28N2O/c1-19(13-5-6-15-9-11-18-12-10-15)14-16-7-3-4-8-17(16)20-2/h3-4,7-8,15,18H,5-6,9-14H2,1-2H3. The van der Waals surface area contributed by atoms with E-state index in [0.29, 0.717) is 0 Å². The van der Waals surface area contributed by atoms with Crippen molar-refractivity contribution in [2.75, 3.05) is 33.8 Å². The second kappa shape index (κ2) is 8.28. The van der Waals surface area contributed by atoms with Crippen LogP contribution in [0.15, 0.2) is 24.3 Å². The lowest BCUT2D eigenvalue weighted by molar-refractivity contribution is 0.282. The van der Waals surface area contributed by atoms with Gasteiger partial charge in [-0.2, -0.15) is 0 Å². The van der Waals surface area contributed by atoms with E-state index in [4.69, 9.17) is 4.74 Å². The molecule has 0 unspecified atom stereocenters. The van der Waals surface area contributed by atoms with E-state index in [1.807, 2.05) is 12.1 Å². The summed E-state index contributed by atoms with van der Waals surface area (Å²) < 4.78 is 5.41. The Morgan fingerprint density at radius 1 is 1.25 bits per heavy atom. The molecule has 1 aliphatic rings. The van der Waals surface area contributed by atoms with Crippen molar-refractivity contribution in [2.24, 2.45) is 5.92 Å². The molecular formula is C17H28N2O. The molecule has 0 amide bonds. The Morgan fingerprint density at radius 3 is 2.75 bits per heavy atom. The Kier molecular flexibility index (Phi) is 6.34. The highest BCUT2D eigenvalue weighted by atomic mass is 16.5. The van der Waals surface area contributed by atoms with E-state index in [1.165, 1.54) is 50.9 Å². The van der Waals surface area contributed by atoms with Crippen molar-refractivity contribution >= 4 is 0 Å². The molecule has 1 aromatic carbocycles. The van der Waals surface area contributed by atoms with Crippen LogP contribution in [0, 0.1) is 5.92 Å². The summed E-state index contributed by atoms with van der Waals surface area (Å²) in [6.07, 6.45) is 5.39. The van der Waals surface area contributed by atoms with Crippen molar-refractivity contribution in [3.8, 4) is 5.75 Å². The first-order valence-corrected chi connectivity index (χ1v) is 7.80. The van der Waals surface area contributed by atoms with Gasteiger partial charge in [-0.3, -0.25) is 0 Å². The lowest BCUT2D eigenvalue weighted by atomic mass is 9.93. The highest BCUT2D eigenvalue weighted by molar-refractivity contribution is 5.32. The number of para-hydroxylation sites is 1. The largest absolute Gasteiger partial charge is 0.496 e. The highest BCUT2D eigenvalue weighted by Gasteiger charge is 2.13. The zero-order chi connectivity index (χ0) is 14.2. The lowest BCUT2D eigenvalue weighted by Gasteiger charge is -2.24. The second-order valence-electron chi connectivity index (χ2n) is 5.89. The highest BCUT2D eigenvalue weighted by Crippen LogP contribution is 2.20. The zero-order valence-corrected chi connectivity index (χ0v) is 12.9. The Bertz CT molecular complexity index is 388. The van der Waals surface area contributed by atoms with Crippen molar-refractivity contribution in [3.63, 3.8) is 0 Å². The summed E-state index contributed by atoms with van der Waals surface area (Å²) in [5.74, 6) is 1.94. The molecule has 3 heteroatoms. The summed E-state index contributed by atoms with van der Waals surface area (Å²) in [5.41, 5.74) is 1.28. The molecule has 0 atom stereocenters. The molecule has 112 valence electrons. The van der Waals surface area contributed by atoms with Crippen LogP contribution in [-0.4, -0.2) is 38.7 Å². The third kappa shape index (κ3) is 4.80. The average Bonchev–Trinajstić information content (AvgIpc) is 2.49. The maximum absolute atomic E-state index is 5.41. The lowest BCUT2D eigenvalue weighted by Crippen LogP contribution is -2.28. The van der Waals surface area contributed by atoms with Crippen molar-refractivity contribution in [1.29, 1.82) is 0 Å². The topological polar surface area (TPSA) is 24.5 Å². The number of nitrogens with zero attached hydrogens (tertiary/aromatic N) is 1. The molecule has 0 aromatic heterocycles. The van der Waals surface area contributed by atoms with Crippen LogP contribution in [0.25, 0.3) is 0 Å². The summed E-state index contributed by atoms with van der Waals surface area (Å²) >= 11 is 0. The van der Waals surface area contributed by atoms with Gasteiger partial charge >= 0.3 is 0 Å². The summed E-state index contributed by atoms with van der Waals surface area (Å²) in [4.78, 5) is 2.40. The average molecular weight is 276 g/mol.